The molecule has 0 aliphatic heterocycles. The van der Waals surface area contributed by atoms with Crippen molar-refractivity contribution < 1.29 is 4.79 Å². The third-order valence-corrected chi connectivity index (χ3v) is 5.26. The lowest BCUT2D eigenvalue weighted by Crippen LogP contribution is -2.36. The first-order valence-corrected chi connectivity index (χ1v) is 9.64. The van der Waals surface area contributed by atoms with Crippen LogP contribution >= 0.6 is 23.1 Å². The van der Waals surface area contributed by atoms with Crippen molar-refractivity contribution in [1.29, 1.82) is 0 Å². The number of benzene rings is 1. The summed E-state index contributed by atoms with van der Waals surface area (Å²) in [6, 6.07) is 8.21. The minimum atomic E-state index is -0.0624. The molecule has 2 rings (SSSR count). The van der Waals surface area contributed by atoms with E-state index in [9.17, 15) is 4.79 Å². The molecule has 6 heteroatoms. The van der Waals surface area contributed by atoms with Gasteiger partial charge >= 0.3 is 6.03 Å². The van der Waals surface area contributed by atoms with E-state index in [1.54, 1.807) is 28.0 Å². The highest BCUT2D eigenvalue weighted by Crippen LogP contribution is 2.19. The second kappa shape index (κ2) is 8.36. The van der Waals surface area contributed by atoms with E-state index < -0.39 is 0 Å². The van der Waals surface area contributed by atoms with Gasteiger partial charge in [-0.2, -0.15) is 0 Å². The van der Waals surface area contributed by atoms with E-state index in [1.807, 2.05) is 26.1 Å². The highest BCUT2D eigenvalue weighted by Gasteiger charge is 2.12. The number of hydrogen-bond acceptors (Lipinski definition) is 4. The standard InChI is InChI=1S/C17H23N3OS2/c1-5-15-16(23-12(2)19-15)10-18-17(21)20(3)11-13-7-6-8-14(9-13)22-4/h6-9H,5,10-11H2,1-4H3,(H,18,21). The summed E-state index contributed by atoms with van der Waals surface area (Å²) >= 11 is 3.36. The summed E-state index contributed by atoms with van der Waals surface area (Å²) in [5, 5.41) is 4.04. The van der Waals surface area contributed by atoms with Crippen molar-refractivity contribution in [3.8, 4) is 0 Å². The molecule has 1 aromatic heterocycles. The van der Waals surface area contributed by atoms with Crippen LogP contribution in [0.2, 0.25) is 0 Å². The average molecular weight is 350 g/mol. The molecule has 0 bridgehead atoms. The predicted molar refractivity (Wildman–Crippen MR) is 98.2 cm³/mol. The number of thioether (sulfide) groups is 1. The lowest BCUT2D eigenvalue weighted by Gasteiger charge is -2.18. The van der Waals surface area contributed by atoms with Crippen LogP contribution in [0, 0.1) is 6.92 Å². The molecule has 23 heavy (non-hydrogen) atoms. The highest BCUT2D eigenvalue weighted by atomic mass is 32.2. The molecule has 0 spiro atoms. The fourth-order valence-corrected chi connectivity index (χ4v) is 3.78. The van der Waals surface area contributed by atoms with Crippen molar-refractivity contribution in [1.82, 2.24) is 15.2 Å². The molecule has 1 aromatic carbocycles. The van der Waals surface area contributed by atoms with Crippen LogP contribution in [0.3, 0.4) is 0 Å². The number of amides is 2. The molecule has 2 aromatic rings. The summed E-state index contributed by atoms with van der Waals surface area (Å²) in [7, 11) is 1.82. The maximum atomic E-state index is 12.3. The number of thiazole rings is 1. The smallest absolute Gasteiger partial charge is 0.317 e. The Balaban J connectivity index is 1.91. The van der Waals surface area contributed by atoms with Gasteiger partial charge in [0.05, 0.1) is 17.2 Å². The molecule has 4 nitrogen and oxygen atoms in total. The maximum absolute atomic E-state index is 12.3. The third-order valence-electron chi connectivity index (χ3n) is 3.52. The van der Waals surface area contributed by atoms with Gasteiger partial charge in [-0.25, -0.2) is 9.78 Å². The molecule has 0 radical (unpaired) electrons. The van der Waals surface area contributed by atoms with Crippen LogP contribution in [0.4, 0.5) is 4.79 Å². The molecular formula is C17H23N3OS2. The van der Waals surface area contributed by atoms with Gasteiger partial charge in [-0.3, -0.25) is 0 Å². The zero-order chi connectivity index (χ0) is 16.8. The highest BCUT2D eigenvalue weighted by molar-refractivity contribution is 7.98. The number of carbonyl (C=O) groups excluding carboxylic acids is 1. The Bertz CT molecular complexity index is 670. The SMILES string of the molecule is CCc1nc(C)sc1CNC(=O)N(C)Cc1cccc(SC)c1. The number of nitrogens with zero attached hydrogens (tertiary/aromatic N) is 2. The monoisotopic (exact) mass is 349 g/mol. The second-order valence-corrected chi connectivity index (χ2v) is 7.49. The van der Waals surface area contributed by atoms with Gasteiger partial charge < -0.3 is 10.2 Å². The Morgan fingerprint density at radius 2 is 2.22 bits per heavy atom. The second-order valence-electron chi connectivity index (χ2n) is 5.32. The van der Waals surface area contributed by atoms with Crippen LogP contribution in [-0.2, 0) is 19.5 Å². The molecule has 2 amide bonds. The molecule has 0 aliphatic carbocycles. The van der Waals surface area contributed by atoms with Crippen molar-refractivity contribution in [2.45, 2.75) is 38.3 Å². The topological polar surface area (TPSA) is 45.2 Å². The van der Waals surface area contributed by atoms with E-state index in [4.69, 9.17) is 0 Å². The molecule has 0 aliphatic rings. The summed E-state index contributed by atoms with van der Waals surface area (Å²) in [6.45, 7) is 5.23. The van der Waals surface area contributed by atoms with Gasteiger partial charge in [-0.15, -0.1) is 23.1 Å². The number of aryl methyl sites for hydroxylation is 2. The molecule has 0 saturated carbocycles. The number of nitrogens with one attached hydrogen (secondary N) is 1. The normalized spacial score (nSPS) is 10.6. The van der Waals surface area contributed by atoms with Crippen LogP contribution in [0.25, 0.3) is 0 Å². The van der Waals surface area contributed by atoms with E-state index in [2.05, 4.69) is 35.6 Å². The first-order valence-electron chi connectivity index (χ1n) is 7.60. The van der Waals surface area contributed by atoms with E-state index in [1.165, 1.54) is 4.90 Å². The number of rotatable bonds is 6. The zero-order valence-electron chi connectivity index (χ0n) is 14.0. The van der Waals surface area contributed by atoms with Crippen molar-refractivity contribution >= 4 is 29.1 Å². The van der Waals surface area contributed by atoms with Gasteiger partial charge in [0.15, 0.2) is 0 Å². The minimum Gasteiger partial charge on any atom is -0.333 e. The Kier molecular flexibility index (Phi) is 6.47. The molecule has 0 atom stereocenters. The maximum Gasteiger partial charge on any atom is 0.317 e. The number of carbonyl (C=O) groups is 1. The van der Waals surface area contributed by atoms with Gasteiger partial charge in [-0.1, -0.05) is 19.1 Å². The van der Waals surface area contributed by atoms with Crippen LogP contribution in [0.15, 0.2) is 29.2 Å². The predicted octanol–water partition coefficient (Wildman–Crippen LogP) is 4.08. The van der Waals surface area contributed by atoms with E-state index in [-0.39, 0.29) is 6.03 Å². The molecule has 124 valence electrons. The first-order chi connectivity index (χ1) is 11.0. The van der Waals surface area contributed by atoms with E-state index >= 15 is 0 Å². The van der Waals surface area contributed by atoms with Gasteiger partial charge in [0.2, 0.25) is 0 Å². The van der Waals surface area contributed by atoms with E-state index in [0.717, 1.165) is 27.6 Å². The number of hydrogen-bond donors (Lipinski definition) is 1. The molecule has 1 heterocycles. The summed E-state index contributed by atoms with van der Waals surface area (Å²) in [6.07, 6.45) is 2.95. The summed E-state index contributed by atoms with van der Waals surface area (Å²) in [5.41, 5.74) is 2.22. The van der Waals surface area contributed by atoms with Crippen molar-refractivity contribution in [3.05, 3.63) is 45.4 Å². The number of urea groups is 1. The fourth-order valence-electron chi connectivity index (χ4n) is 2.33. The fraction of sp³-hybridized carbons (Fsp3) is 0.412. The minimum absolute atomic E-state index is 0.0624. The van der Waals surface area contributed by atoms with Crippen LogP contribution in [-0.4, -0.2) is 29.2 Å². The van der Waals surface area contributed by atoms with Crippen LogP contribution in [0.1, 0.15) is 28.1 Å². The van der Waals surface area contributed by atoms with Crippen LogP contribution in [0.5, 0.6) is 0 Å². The lowest BCUT2D eigenvalue weighted by atomic mass is 10.2. The molecule has 0 saturated heterocycles. The lowest BCUT2D eigenvalue weighted by molar-refractivity contribution is 0.206. The Morgan fingerprint density at radius 3 is 2.91 bits per heavy atom. The van der Waals surface area contributed by atoms with Crippen molar-refractivity contribution in [2.75, 3.05) is 13.3 Å². The molecule has 0 unspecified atom stereocenters. The van der Waals surface area contributed by atoms with Gasteiger partial charge in [0.25, 0.3) is 0 Å². The zero-order valence-corrected chi connectivity index (χ0v) is 15.7. The molecular weight excluding hydrogens is 326 g/mol. The van der Waals surface area contributed by atoms with Gasteiger partial charge in [0.1, 0.15) is 0 Å². The van der Waals surface area contributed by atoms with Gasteiger partial charge in [-0.05, 0) is 37.3 Å². The number of aromatic nitrogens is 1. The largest absolute Gasteiger partial charge is 0.333 e. The summed E-state index contributed by atoms with van der Waals surface area (Å²) in [5.74, 6) is 0. The Morgan fingerprint density at radius 1 is 1.43 bits per heavy atom. The molecule has 1 N–H and O–H groups in total. The summed E-state index contributed by atoms with van der Waals surface area (Å²) < 4.78 is 0. The third kappa shape index (κ3) is 4.97. The van der Waals surface area contributed by atoms with Crippen molar-refractivity contribution in [3.63, 3.8) is 0 Å². The summed E-state index contributed by atoms with van der Waals surface area (Å²) in [4.78, 5) is 20.8. The quantitative estimate of drug-likeness (QED) is 0.799. The van der Waals surface area contributed by atoms with E-state index in [0.29, 0.717) is 13.1 Å². The Hall–Kier alpha value is -1.53. The van der Waals surface area contributed by atoms with Gasteiger partial charge in [0, 0.05) is 23.4 Å². The average Bonchev–Trinajstić information content (AvgIpc) is 2.92. The molecule has 0 fully saturated rings. The van der Waals surface area contributed by atoms with Crippen LogP contribution < -0.4 is 5.32 Å². The Labute approximate surface area is 146 Å². The van der Waals surface area contributed by atoms with Crippen molar-refractivity contribution in [2.24, 2.45) is 0 Å². The first kappa shape index (κ1) is 17.8.